The van der Waals surface area contributed by atoms with Crippen molar-refractivity contribution in [2.24, 2.45) is 0 Å². The summed E-state index contributed by atoms with van der Waals surface area (Å²) in [6.45, 7) is 0. The van der Waals surface area contributed by atoms with Crippen molar-refractivity contribution in [1.82, 2.24) is 0 Å². The maximum Gasteiger partial charge on any atom is 0.144 e. The van der Waals surface area contributed by atoms with Gasteiger partial charge in [0, 0.05) is 21.9 Å². The Bertz CT molecular complexity index is 2490. The molecule has 1 aromatic heterocycles. The van der Waals surface area contributed by atoms with E-state index < -0.39 is 0 Å². The molecule has 9 rings (SSSR count). The standard InChI is InChI=1S/C42H26O/c1-2-11-27(12-3-1)29-21-22-31-26-32(24-23-30(31)25-29)39-35-16-6-7-17-36(35)40(34-19-10-14-28-13-4-5-15-33(28)34)42-41(39)37-18-8-9-20-38(37)43-42/h1-26H. The van der Waals surface area contributed by atoms with Crippen molar-refractivity contribution in [3.8, 4) is 33.4 Å². The third-order valence-corrected chi connectivity index (χ3v) is 8.83. The Morgan fingerprint density at radius 3 is 1.77 bits per heavy atom. The minimum atomic E-state index is 0.906. The number of hydrogen-bond donors (Lipinski definition) is 0. The molecule has 43 heavy (non-hydrogen) atoms. The molecule has 9 aromatic rings. The van der Waals surface area contributed by atoms with Gasteiger partial charge < -0.3 is 4.42 Å². The SMILES string of the molecule is c1ccc(-c2ccc3cc(-c4c5ccccc5c(-c5cccc6ccccc56)c5oc6ccccc6c45)ccc3c2)cc1. The summed E-state index contributed by atoms with van der Waals surface area (Å²) in [6.07, 6.45) is 0. The van der Waals surface area contributed by atoms with Crippen LogP contribution in [0.4, 0.5) is 0 Å². The number of para-hydroxylation sites is 1. The highest BCUT2D eigenvalue weighted by atomic mass is 16.3. The largest absolute Gasteiger partial charge is 0.455 e. The summed E-state index contributed by atoms with van der Waals surface area (Å²) in [4.78, 5) is 0. The van der Waals surface area contributed by atoms with E-state index in [1.807, 2.05) is 0 Å². The van der Waals surface area contributed by atoms with Crippen molar-refractivity contribution in [3.05, 3.63) is 158 Å². The van der Waals surface area contributed by atoms with Crippen molar-refractivity contribution in [3.63, 3.8) is 0 Å². The van der Waals surface area contributed by atoms with Gasteiger partial charge in [0.2, 0.25) is 0 Å². The van der Waals surface area contributed by atoms with Gasteiger partial charge in [0.1, 0.15) is 11.2 Å². The van der Waals surface area contributed by atoms with Crippen LogP contribution in [-0.4, -0.2) is 0 Å². The molecule has 8 aromatic carbocycles. The molecule has 0 amide bonds. The number of hydrogen-bond acceptors (Lipinski definition) is 1. The predicted molar refractivity (Wildman–Crippen MR) is 183 cm³/mol. The first-order valence-corrected chi connectivity index (χ1v) is 14.8. The molecular weight excluding hydrogens is 520 g/mol. The van der Waals surface area contributed by atoms with Crippen LogP contribution in [0.1, 0.15) is 0 Å². The third kappa shape index (κ3) is 3.72. The number of rotatable bonds is 3. The molecular formula is C42H26O. The van der Waals surface area contributed by atoms with Gasteiger partial charge in [-0.25, -0.2) is 0 Å². The van der Waals surface area contributed by atoms with Crippen molar-refractivity contribution in [2.45, 2.75) is 0 Å². The van der Waals surface area contributed by atoms with Crippen LogP contribution in [0.25, 0.3) is 87.6 Å². The predicted octanol–water partition coefficient (Wildman–Crippen LogP) is 12.0. The molecule has 0 unspecified atom stereocenters. The number of fused-ring (bicyclic) bond motifs is 6. The summed E-state index contributed by atoms with van der Waals surface area (Å²) in [5.41, 5.74) is 9.05. The first-order valence-electron chi connectivity index (χ1n) is 14.8. The molecule has 0 aliphatic rings. The highest BCUT2D eigenvalue weighted by Gasteiger charge is 2.23. The van der Waals surface area contributed by atoms with Gasteiger partial charge in [-0.1, -0.05) is 140 Å². The van der Waals surface area contributed by atoms with Crippen molar-refractivity contribution >= 4 is 54.3 Å². The summed E-state index contributed by atoms with van der Waals surface area (Å²) in [6, 6.07) is 56.7. The molecule has 0 bridgehead atoms. The van der Waals surface area contributed by atoms with E-state index in [9.17, 15) is 0 Å². The molecule has 0 radical (unpaired) electrons. The van der Waals surface area contributed by atoms with Crippen LogP contribution in [-0.2, 0) is 0 Å². The zero-order chi connectivity index (χ0) is 28.3. The Kier molecular flexibility index (Phi) is 5.27. The highest BCUT2D eigenvalue weighted by Crippen LogP contribution is 2.49. The van der Waals surface area contributed by atoms with E-state index in [4.69, 9.17) is 4.42 Å². The molecule has 0 aliphatic carbocycles. The lowest BCUT2D eigenvalue weighted by molar-refractivity contribution is 0.670. The van der Waals surface area contributed by atoms with Gasteiger partial charge in [-0.2, -0.15) is 0 Å². The van der Waals surface area contributed by atoms with Gasteiger partial charge in [-0.05, 0) is 72.8 Å². The molecule has 0 aliphatic heterocycles. The summed E-state index contributed by atoms with van der Waals surface area (Å²) in [7, 11) is 0. The molecule has 1 heterocycles. The molecule has 0 atom stereocenters. The lowest BCUT2D eigenvalue weighted by Crippen LogP contribution is -1.90. The first-order chi connectivity index (χ1) is 21.3. The van der Waals surface area contributed by atoms with Crippen LogP contribution in [0.15, 0.2) is 162 Å². The zero-order valence-electron chi connectivity index (χ0n) is 23.4. The maximum absolute atomic E-state index is 6.81. The van der Waals surface area contributed by atoms with Gasteiger partial charge in [0.25, 0.3) is 0 Å². The Morgan fingerprint density at radius 2 is 0.953 bits per heavy atom. The van der Waals surface area contributed by atoms with Crippen molar-refractivity contribution in [1.29, 1.82) is 0 Å². The van der Waals surface area contributed by atoms with Crippen LogP contribution >= 0.6 is 0 Å². The molecule has 0 N–H and O–H groups in total. The molecule has 1 heteroatoms. The smallest absolute Gasteiger partial charge is 0.144 e. The van der Waals surface area contributed by atoms with Gasteiger partial charge in [-0.15, -0.1) is 0 Å². The average molecular weight is 547 g/mol. The Labute approximate surface area is 249 Å². The Balaban J connectivity index is 1.38. The summed E-state index contributed by atoms with van der Waals surface area (Å²) < 4.78 is 6.81. The Morgan fingerprint density at radius 1 is 0.349 bits per heavy atom. The van der Waals surface area contributed by atoms with E-state index in [1.54, 1.807) is 0 Å². The van der Waals surface area contributed by atoms with E-state index in [1.165, 1.54) is 60.1 Å². The highest BCUT2D eigenvalue weighted by molar-refractivity contribution is 6.28. The van der Waals surface area contributed by atoms with Crippen LogP contribution < -0.4 is 0 Å². The van der Waals surface area contributed by atoms with Gasteiger partial charge >= 0.3 is 0 Å². The summed E-state index contributed by atoms with van der Waals surface area (Å²) in [5, 5.41) is 9.63. The van der Waals surface area contributed by atoms with E-state index in [0.717, 1.165) is 27.5 Å². The molecule has 1 nitrogen and oxygen atoms in total. The second-order valence-corrected chi connectivity index (χ2v) is 11.3. The topological polar surface area (TPSA) is 13.1 Å². The lowest BCUT2D eigenvalue weighted by atomic mass is 9.86. The van der Waals surface area contributed by atoms with Crippen molar-refractivity contribution < 1.29 is 4.42 Å². The fourth-order valence-corrected chi connectivity index (χ4v) is 6.87. The normalized spacial score (nSPS) is 11.7. The molecule has 200 valence electrons. The monoisotopic (exact) mass is 546 g/mol. The van der Waals surface area contributed by atoms with Crippen molar-refractivity contribution in [2.75, 3.05) is 0 Å². The number of benzene rings is 8. The summed E-state index contributed by atoms with van der Waals surface area (Å²) >= 11 is 0. The Hall–Kier alpha value is -5.66. The van der Waals surface area contributed by atoms with Crippen LogP contribution in [0, 0.1) is 0 Å². The quantitative estimate of drug-likeness (QED) is 0.215. The minimum absolute atomic E-state index is 0.906. The van der Waals surface area contributed by atoms with Gasteiger partial charge in [-0.3, -0.25) is 0 Å². The van der Waals surface area contributed by atoms with Gasteiger partial charge in [0.05, 0.1) is 0 Å². The molecule has 0 saturated heterocycles. The van der Waals surface area contributed by atoms with E-state index in [0.29, 0.717) is 0 Å². The van der Waals surface area contributed by atoms with E-state index in [2.05, 4.69) is 158 Å². The van der Waals surface area contributed by atoms with Crippen LogP contribution in [0.3, 0.4) is 0 Å². The van der Waals surface area contributed by atoms with Crippen LogP contribution in [0.2, 0.25) is 0 Å². The fraction of sp³-hybridized carbons (Fsp3) is 0. The maximum atomic E-state index is 6.81. The van der Waals surface area contributed by atoms with E-state index >= 15 is 0 Å². The van der Waals surface area contributed by atoms with Crippen LogP contribution in [0.5, 0.6) is 0 Å². The average Bonchev–Trinajstić information content (AvgIpc) is 3.46. The fourth-order valence-electron chi connectivity index (χ4n) is 6.87. The third-order valence-electron chi connectivity index (χ3n) is 8.83. The second-order valence-electron chi connectivity index (χ2n) is 11.3. The first kappa shape index (κ1) is 24.0. The second kappa shape index (κ2) is 9.44. The molecule has 0 saturated carbocycles. The zero-order valence-corrected chi connectivity index (χ0v) is 23.4. The minimum Gasteiger partial charge on any atom is -0.455 e. The molecule has 0 spiro atoms. The van der Waals surface area contributed by atoms with E-state index in [-0.39, 0.29) is 0 Å². The lowest BCUT2D eigenvalue weighted by Gasteiger charge is -2.16. The number of furan rings is 1. The van der Waals surface area contributed by atoms with Gasteiger partial charge in [0.15, 0.2) is 0 Å². The summed E-state index contributed by atoms with van der Waals surface area (Å²) in [5.74, 6) is 0. The molecule has 0 fully saturated rings.